The number of allylic oxidation sites excluding steroid dienone is 3. The Labute approximate surface area is 230 Å². The molecule has 2 aromatic rings. The third-order valence-electron chi connectivity index (χ3n) is 9.33. The summed E-state index contributed by atoms with van der Waals surface area (Å²) in [5.41, 5.74) is 11.9. The predicted molar refractivity (Wildman–Crippen MR) is 147 cm³/mol. The van der Waals surface area contributed by atoms with Gasteiger partial charge in [0.05, 0.1) is 6.10 Å². The first-order chi connectivity index (χ1) is 16.6. The van der Waals surface area contributed by atoms with E-state index in [1.54, 1.807) is 0 Å². The van der Waals surface area contributed by atoms with Crippen LogP contribution in [0, 0.1) is 44.4 Å². The number of rotatable bonds is 0. The predicted octanol–water partition coefficient (Wildman–Crippen LogP) is 4.37. The fraction of sp³-hybridized carbons (Fsp3) is 0.467. The van der Waals surface area contributed by atoms with E-state index in [2.05, 4.69) is 73.6 Å². The van der Waals surface area contributed by atoms with Crippen LogP contribution in [0.15, 0.2) is 28.7 Å². The van der Waals surface area contributed by atoms with E-state index in [0.29, 0.717) is 11.8 Å². The fourth-order valence-corrected chi connectivity index (χ4v) is 6.25. The SMILES string of the molecule is CC1=C2/C=C3\[N-]C(C4=c5[n-]/c(c(C)c5[C@H](O)[C@@H]4C)=C\c4[n-]c(c(C)c4C)/C=C(\[N-]2)[C@@H]1C)[C@@H](C)[C@@H]3C.[Mg+2]. The van der Waals surface area contributed by atoms with Crippen LogP contribution in [0.3, 0.4) is 0 Å². The van der Waals surface area contributed by atoms with E-state index in [4.69, 9.17) is 20.6 Å². The minimum Gasteiger partial charge on any atom is -0.681 e. The van der Waals surface area contributed by atoms with Crippen molar-refractivity contribution in [3.63, 3.8) is 0 Å². The van der Waals surface area contributed by atoms with Crippen molar-refractivity contribution in [2.45, 2.75) is 67.5 Å². The smallest absolute Gasteiger partial charge is 0.681 e. The van der Waals surface area contributed by atoms with Gasteiger partial charge in [0.15, 0.2) is 0 Å². The summed E-state index contributed by atoms with van der Waals surface area (Å²) < 4.78 is 0. The minimum atomic E-state index is -0.550. The third kappa shape index (κ3) is 3.44. The Balaban J connectivity index is 0.00000267. The summed E-state index contributed by atoms with van der Waals surface area (Å²) in [6.45, 7) is 17.4. The molecule has 1 aliphatic carbocycles. The van der Waals surface area contributed by atoms with E-state index in [9.17, 15) is 5.11 Å². The van der Waals surface area contributed by atoms with Crippen molar-refractivity contribution in [3.05, 3.63) is 83.7 Å². The molecular formula is C30H34MgN4O-2. The van der Waals surface area contributed by atoms with Gasteiger partial charge < -0.3 is 25.7 Å². The van der Waals surface area contributed by atoms with Gasteiger partial charge in [0.2, 0.25) is 0 Å². The molecule has 0 saturated carbocycles. The molecule has 1 saturated heterocycles. The average Bonchev–Trinajstić information content (AvgIpc) is 3.52. The van der Waals surface area contributed by atoms with Crippen LogP contribution in [0.1, 0.15) is 74.4 Å². The van der Waals surface area contributed by atoms with Crippen LogP contribution in [0.4, 0.5) is 0 Å². The van der Waals surface area contributed by atoms with Crippen LogP contribution >= 0.6 is 0 Å². The van der Waals surface area contributed by atoms with Gasteiger partial charge in [0, 0.05) is 5.92 Å². The van der Waals surface area contributed by atoms with Crippen LogP contribution < -0.4 is 20.7 Å². The summed E-state index contributed by atoms with van der Waals surface area (Å²) in [5.74, 6) is 0.882. The molecule has 0 amide bonds. The van der Waals surface area contributed by atoms with Crippen molar-refractivity contribution in [2.75, 3.05) is 0 Å². The van der Waals surface area contributed by atoms with Gasteiger partial charge in [-0.25, -0.2) is 0 Å². The number of fused-ring (bicyclic) bond motifs is 8. The summed E-state index contributed by atoms with van der Waals surface area (Å²) in [6.07, 6.45) is 5.88. The van der Waals surface area contributed by atoms with Crippen molar-refractivity contribution in [1.82, 2.24) is 9.97 Å². The molecule has 184 valence electrons. The molecule has 0 radical (unpaired) electrons. The molecule has 5 heterocycles. The Bertz CT molecular complexity index is 1480. The maximum Gasteiger partial charge on any atom is 2.00 e. The largest absolute Gasteiger partial charge is 2.00 e. The zero-order chi connectivity index (χ0) is 24.9. The summed E-state index contributed by atoms with van der Waals surface area (Å²) in [6, 6.07) is 0.0135. The molecule has 6 rings (SSSR count). The number of aliphatic hydroxyl groups excluding tert-OH is 1. The van der Waals surface area contributed by atoms with Crippen LogP contribution in [0.25, 0.3) is 28.4 Å². The second-order valence-electron chi connectivity index (χ2n) is 11.1. The van der Waals surface area contributed by atoms with E-state index in [-0.39, 0.29) is 40.9 Å². The molecule has 8 bridgehead atoms. The third-order valence-corrected chi connectivity index (χ3v) is 9.33. The second-order valence-corrected chi connectivity index (χ2v) is 11.1. The number of nitrogens with zero attached hydrogens (tertiary/aromatic N) is 4. The second kappa shape index (κ2) is 8.71. The average molecular weight is 491 g/mol. The molecular weight excluding hydrogens is 457 g/mol. The van der Waals surface area contributed by atoms with Crippen LogP contribution in [-0.2, 0) is 0 Å². The Morgan fingerprint density at radius 2 is 1.44 bits per heavy atom. The molecule has 1 N–H and O–H groups in total. The van der Waals surface area contributed by atoms with Gasteiger partial charge in [0.25, 0.3) is 0 Å². The number of hydrogen-bond donors (Lipinski definition) is 1. The zero-order valence-corrected chi connectivity index (χ0v) is 24.1. The molecule has 0 spiro atoms. The number of aromatic nitrogens is 2. The van der Waals surface area contributed by atoms with Gasteiger partial charge in [-0.05, 0) is 51.0 Å². The van der Waals surface area contributed by atoms with Gasteiger partial charge >= 0.3 is 23.1 Å². The van der Waals surface area contributed by atoms with Gasteiger partial charge in [0.1, 0.15) is 0 Å². The van der Waals surface area contributed by atoms with Gasteiger partial charge in [-0.3, -0.25) is 0 Å². The Kier molecular flexibility index (Phi) is 6.17. The topological polar surface area (TPSA) is 76.6 Å². The molecule has 5 nitrogen and oxygen atoms in total. The van der Waals surface area contributed by atoms with Gasteiger partial charge in [-0.15, -0.1) is 27.8 Å². The Hall–Kier alpha value is -2.15. The van der Waals surface area contributed by atoms with Crippen molar-refractivity contribution in [1.29, 1.82) is 0 Å². The fourth-order valence-electron chi connectivity index (χ4n) is 6.25. The molecule has 6 atom stereocenters. The first-order valence-corrected chi connectivity index (χ1v) is 12.9. The van der Waals surface area contributed by atoms with E-state index in [1.165, 1.54) is 16.7 Å². The van der Waals surface area contributed by atoms with Crippen LogP contribution in [0.2, 0.25) is 0 Å². The summed E-state index contributed by atoms with van der Waals surface area (Å²) >= 11 is 0. The summed E-state index contributed by atoms with van der Waals surface area (Å²) in [4.78, 5) is 10.1. The molecule has 2 aromatic heterocycles. The maximum absolute atomic E-state index is 11.3. The standard InChI is InChI=1S/C30H34N4O.Mg/c1-12-14(3)22-10-24-16(5)17(6)28(33-24)26-19(8)30(35)27-18(7)25(34-29(26)27)11-23-15(4)13(2)21(32-23)9-20(12)31-22;/h9-12,16-17,19,28,30,35H,1-8H3;/q-4;+2/b20-9-,24-10-,25-11-;/t12-,16+,17+,19-,28?,30-;/m1./s1. The molecule has 1 unspecified atom stereocenters. The van der Waals surface area contributed by atoms with E-state index >= 15 is 0 Å². The summed E-state index contributed by atoms with van der Waals surface area (Å²) in [5, 5.41) is 23.5. The van der Waals surface area contributed by atoms with Crippen molar-refractivity contribution in [3.8, 4) is 0 Å². The van der Waals surface area contributed by atoms with E-state index in [0.717, 1.165) is 55.9 Å². The van der Waals surface area contributed by atoms with Crippen LogP contribution in [0.5, 0.6) is 0 Å². The Morgan fingerprint density at radius 1 is 0.778 bits per heavy atom. The molecule has 36 heavy (non-hydrogen) atoms. The molecule has 0 aromatic carbocycles. The quantitative estimate of drug-likeness (QED) is 0.557. The first-order valence-electron chi connectivity index (χ1n) is 12.9. The van der Waals surface area contributed by atoms with E-state index < -0.39 is 6.10 Å². The first kappa shape index (κ1) is 25.5. The maximum atomic E-state index is 11.3. The summed E-state index contributed by atoms with van der Waals surface area (Å²) in [7, 11) is 0. The van der Waals surface area contributed by atoms with E-state index in [1.807, 2.05) is 0 Å². The number of hydrogen-bond acceptors (Lipinski definition) is 1. The number of aliphatic hydroxyl groups is 1. The normalized spacial score (nSPS) is 34.2. The molecule has 3 aliphatic heterocycles. The van der Waals surface area contributed by atoms with Gasteiger partial charge in [-0.2, -0.15) is 11.4 Å². The van der Waals surface area contributed by atoms with Crippen molar-refractivity contribution >= 4 is 40.8 Å². The van der Waals surface area contributed by atoms with Crippen molar-refractivity contribution in [2.24, 2.45) is 23.7 Å². The van der Waals surface area contributed by atoms with Crippen LogP contribution in [-0.4, -0.2) is 34.2 Å². The van der Waals surface area contributed by atoms with Gasteiger partial charge in [-0.1, -0.05) is 79.8 Å². The van der Waals surface area contributed by atoms with Crippen molar-refractivity contribution < 1.29 is 5.11 Å². The molecule has 6 heteroatoms. The zero-order valence-electron chi connectivity index (χ0n) is 22.6. The monoisotopic (exact) mass is 490 g/mol. The molecule has 4 aliphatic rings. The Morgan fingerprint density at radius 3 is 2.14 bits per heavy atom. The minimum absolute atomic E-state index is 0. The molecule has 1 fully saturated rings.